The lowest BCUT2D eigenvalue weighted by atomic mass is 9.88. The predicted octanol–water partition coefficient (Wildman–Crippen LogP) is 5.02. The lowest BCUT2D eigenvalue weighted by Gasteiger charge is -2.36. The lowest BCUT2D eigenvalue weighted by molar-refractivity contribution is -0.126. The van der Waals surface area contributed by atoms with Crippen LogP contribution in [0.25, 0.3) is 6.08 Å². The molecule has 8 heteroatoms. The van der Waals surface area contributed by atoms with Crippen molar-refractivity contribution in [3.05, 3.63) is 94.5 Å². The van der Waals surface area contributed by atoms with Gasteiger partial charge in [0.2, 0.25) is 17.7 Å². The van der Waals surface area contributed by atoms with Crippen LogP contribution in [0.2, 0.25) is 10.0 Å². The van der Waals surface area contributed by atoms with Gasteiger partial charge in [-0.05, 0) is 60.2 Å². The molecule has 3 aromatic rings. The van der Waals surface area contributed by atoms with Crippen molar-refractivity contribution in [1.29, 1.82) is 0 Å². The van der Waals surface area contributed by atoms with Gasteiger partial charge in [-0.3, -0.25) is 14.4 Å². The lowest BCUT2D eigenvalue weighted by Crippen LogP contribution is -2.50. The Labute approximate surface area is 211 Å². The quantitative estimate of drug-likeness (QED) is 0.509. The van der Waals surface area contributed by atoms with Crippen LogP contribution in [0, 0.1) is 11.8 Å². The number of hydrogen-bond acceptors (Lipinski definition) is 4. The molecule has 174 valence electrons. The third-order valence-electron chi connectivity index (χ3n) is 6.88. The van der Waals surface area contributed by atoms with Crippen LogP contribution in [-0.2, 0) is 14.4 Å². The molecule has 6 nitrogen and oxygen atoms in total. The summed E-state index contributed by atoms with van der Waals surface area (Å²) in [6.07, 6.45) is 3.88. The van der Waals surface area contributed by atoms with Gasteiger partial charge in [-0.1, -0.05) is 53.6 Å². The van der Waals surface area contributed by atoms with Crippen LogP contribution in [-0.4, -0.2) is 29.8 Å². The summed E-state index contributed by atoms with van der Waals surface area (Å²) in [5, 5.41) is 3.98. The fraction of sp³-hybridized carbons (Fsp3) is 0.148. The van der Waals surface area contributed by atoms with Crippen LogP contribution in [0.4, 0.5) is 17.1 Å². The molecule has 0 radical (unpaired) electrons. The van der Waals surface area contributed by atoms with Crippen LogP contribution < -0.4 is 15.1 Å². The van der Waals surface area contributed by atoms with E-state index in [0.717, 1.165) is 11.3 Å². The second-order valence-corrected chi connectivity index (χ2v) is 9.67. The summed E-state index contributed by atoms with van der Waals surface area (Å²) in [5.41, 5.74) is 2.76. The van der Waals surface area contributed by atoms with Gasteiger partial charge >= 0.3 is 0 Å². The number of hydrogen-bond donors (Lipinski definition) is 1. The van der Waals surface area contributed by atoms with Crippen LogP contribution in [0.1, 0.15) is 5.56 Å². The third-order valence-corrected chi connectivity index (χ3v) is 7.38. The zero-order valence-electron chi connectivity index (χ0n) is 18.3. The van der Waals surface area contributed by atoms with Gasteiger partial charge in [0.25, 0.3) is 0 Å². The number of imide groups is 1. The standard InChI is InChI=1S/C27H19Cl2N3O3/c28-16-6-10-18(11-7-16)30-25(33)24-23-22(21-14-5-15-3-1-2-4-20(15)32(21)24)26(34)31(27(23)35)19-12-8-17(29)9-13-19/h1-14,21-24H,(H,30,33). The van der Waals surface area contributed by atoms with Crippen molar-refractivity contribution in [2.45, 2.75) is 12.1 Å². The van der Waals surface area contributed by atoms with E-state index in [4.69, 9.17) is 23.2 Å². The SMILES string of the molecule is O=C(Nc1ccc(Cl)cc1)C1C2C(=O)N(c3ccc(Cl)cc3)C(=O)C2C2C=Cc3ccccc3N21. The molecule has 4 unspecified atom stereocenters. The second kappa shape index (κ2) is 8.26. The molecule has 35 heavy (non-hydrogen) atoms. The van der Waals surface area contributed by atoms with Crippen molar-refractivity contribution in [2.75, 3.05) is 15.1 Å². The Morgan fingerprint density at radius 3 is 2.14 bits per heavy atom. The first-order valence-corrected chi connectivity index (χ1v) is 11.9. The first kappa shape index (κ1) is 21.9. The summed E-state index contributed by atoms with van der Waals surface area (Å²) in [7, 11) is 0. The first-order chi connectivity index (χ1) is 16.9. The highest BCUT2D eigenvalue weighted by Crippen LogP contribution is 2.49. The minimum atomic E-state index is -0.875. The molecule has 0 spiro atoms. The summed E-state index contributed by atoms with van der Waals surface area (Å²) in [6.45, 7) is 0. The highest BCUT2D eigenvalue weighted by atomic mass is 35.5. The number of fused-ring (bicyclic) bond motifs is 5. The van der Waals surface area contributed by atoms with Crippen molar-refractivity contribution in [3.63, 3.8) is 0 Å². The monoisotopic (exact) mass is 503 g/mol. The van der Waals surface area contributed by atoms with E-state index in [2.05, 4.69) is 5.32 Å². The van der Waals surface area contributed by atoms with Crippen molar-refractivity contribution in [2.24, 2.45) is 11.8 Å². The maximum absolute atomic E-state index is 13.8. The van der Waals surface area contributed by atoms with E-state index in [1.54, 1.807) is 48.5 Å². The smallest absolute Gasteiger partial charge is 0.247 e. The normalized spacial score (nSPS) is 24.3. The van der Waals surface area contributed by atoms with Crippen molar-refractivity contribution in [1.82, 2.24) is 0 Å². The Morgan fingerprint density at radius 1 is 0.800 bits per heavy atom. The van der Waals surface area contributed by atoms with Crippen molar-refractivity contribution in [3.8, 4) is 0 Å². The number of halogens is 2. The van der Waals surface area contributed by atoms with E-state index in [1.807, 2.05) is 41.3 Å². The van der Waals surface area contributed by atoms with E-state index in [9.17, 15) is 14.4 Å². The molecule has 3 aliphatic rings. The number of rotatable bonds is 3. The molecule has 2 fully saturated rings. The van der Waals surface area contributed by atoms with Gasteiger partial charge in [-0.2, -0.15) is 0 Å². The van der Waals surface area contributed by atoms with Crippen LogP contribution in [0.15, 0.2) is 78.9 Å². The molecule has 3 amide bonds. The average molecular weight is 504 g/mol. The number of amides is 3. The summed E-state index contributed by atoms with van der Waals surface area (Å²) in [4.78, 5) is 44.3. The zero-order chi connectivity index (χ0) is 24.3. The molecule has 0 aliphatic carbocycles. The molecular weight excluding hydrogens is 485 g/mol. The molecule has 0 bridgehead atoms. The number of nitrogens with one attached hydrogen (secondary N) is 1. The summed E-state index contributed by atoms with van der Waals surface area (Å²) < 4.78 is 0. The molecular formula is C27H19Cl2N3O3. The molecule has 3 aromatic carbocycles. The number of anilines is 3. The van der Waals surface area contributed by atoms with Gasteiger partial charge in [-0.25, -0.2) is 4.90 Å². The minimum absolute atomic E-state index is 0.317. The van der Waals surface area contributed by atoms with Gasteiger partial charge in [0.1, 0.15) is 6.04 Å². The third kappa shape index (κ3) is 3.44. The fourth-order valence-electron chi connectivity index (χ4n) is 5.41. The number of carbonyl (C=O) groups excluding carboxylic acids is 3. The minimum Gasteiger partial charge on any atom is -0.351 e. The predicted molar refractivity (Wildman–Crippen MR) is 137 cm³/mol. The molecule has 6 rings (SSSR count). The fourth-order valence-corrected chi connectivity index (χ4v) is 5.66. The Balaban J connectivity index is 1.43. The first-order valence-electron chi connectivity index (χ1n) is 11.2. The van der Waals surface area contributed by atoms with Crippen LogP contribution >= 0.6 is 23.2 Å². The van der Waals surface area contributed by atoms with Gasteiger partial charge in [0.15, 0.2) is 0 Å². The largest absolute Gasteiger partial charge is 0.351 e. The van der Waals surface area contributed by atoms with E-state index in [-0.39, 0.29) is 17.7 Å². The summed E-state index contributed by atoms with van der Waals surface area (Å²) >= 11 is 12.0. The van der Waals surface area contributed by atoms with E-state index < -0.39 is 23.9 Å². The number of carbonyl (C=O) groups is 3. The number of nitrogens with zero attached hydrogens (tertiary/aromatic N) is 2. The molecule has 0 saturated carbocycles. The average Bonchev–Trinajstić information content (AvgIpc) is 3.34. The second-order valence-electron chi connectivity index (χ2n) is 8.80. The molecule has 4 atom stereocenters. The highest BCUT2D eigenvalue weighted by Gasteiger charge is 2.64. The van der Waals surface area contributed by atoms with Gasteiger partial charge in [0, 0.05) is 21.4 Å². The Bertz CT molecular complexity index is 1390. The number of benzene rings is 3. The molecule has 0 aromatic heterocycles. The summed E-state index contributed by atoms with van der Waals surface area (Å²) in [6, 6.07) is 19.7. The van der Waals surface area contributed by atoms with Gasteiger partial charge in [0.05, 0.1) is 23.6 Å². The topological polar surface area (TPSA) is 69.7 Å². The Morgan fingerprint density at radius 2 is 1.43 bits per heavy atom. The van der Waals surface area contributed by atoms with Crippen molar-refractivity contribution < 1.29 is 14.4 Å². The van der Waals surface area contributed by atoms with E-state index in [1.165, 1.54) is 4.90 Å². The molecule has 2 saturated heterocycles. The molecule has 1 N–H and O–H groups in total. The van der Waals surface area contributed by atoms with E-state index in [0.29, 0.717) is 21.4 Å². The zero-order valence-corrected chi connectivity index (χ0v) is 19.8. The Hall–Kier alpha value is -3.61. The van der Waals surface area contributed by atoms with Crippen LogP contribution in [0.3, 0.4) is 0 Å². The maximum atomic E-state index is 13.8. The molecule has 3 heterocycles. The maximum Gasteiger partial charge on any atom is 0.247 e. The van der Waals surface area contributed by atoms with E-state index >= 15 is 0 Å². The Kier molecular flexibility index (Phi) is 5.16. The highest BCUT2D eigenvalue weighted by molar-refractivity contribution is 6.31. The molecule has 3 aliphatic heterocycles. The van der Waals surface area contributed by atoms with Gasteiger partial charge < -0.3 is 10.2 Å². The van der Waals surface area contributed by atoms with Crippen molar-refractivity contribution >= 4 is 64.1 Å². The van der Waals surface area contributed by atoms with Gasteiger partial charge in [-0.15, -0.1) is 0 Å². The summed E-state index contributed by atoms with van der Waals surface area (Å²) in [5.74, 6) is -2.59. The number of para-hydroxylation sites is 1. The van der Waals surface area contributed by atoms with Crippen LogP contribution in [0.5, 0.6) is 0 Å².